The zero-order valence-electron chi connectivity index (χ0n) is 25.7. The Morgan fingerprint density at radius 1 is 0.844 bits per heavy atom. The van der Waals surface area contributed by atoms with E-state index in [1.54, 1.807) is 24.3 Å². The molecule has 1 unspecified atom stereocenters. The molecule has 45 heavy (non-hydrogen) atoms. The number of nitrogens with zero attached hydrogens (tertiary/aromatic N) is 2. The van der Waals surface area contributed by atoms with Crippen molar-refractivity contribution in [2.24, 2.45) is 0 Å². The fraction of sp³-hybridized carbons (Fsp3) is 0.257. The van der Waals surface area contributed by atoms with Crippen LogP contribution in [0.1, 0.15) is 37.5 Å². The molecule has 0 aromatic heterocycles. The number of amides is 2. The number of carbonyl (C=O) groups excluding carboxylic acids is 2. The van der Waals surface area contributed by atoms with Crippen LogP contribution >= 0.6 is 23.2 Å². The van der Waals surface area contributed by atoms with E-state index in [-0.39, 0.29) is 39.5 Å². The number of hydrogen-bond acceptors (Lipinski definition) is 4. The summed E-state index contributed by atoms with van der Waals surface area (Å²) in [5.41, 5.74) is 2.07. The van der Waals surface area contributed by atoms with Crippen molar-refractivity contribution in [3.05, 3.63) is 130 Å². The molecule has 2 amide bonds. The number of carbonyl (C=O) groups is 2. The van der Waals surface area contributed by atoms with E-state index >= 15 is 0 Å². The summed E-state index contributed by atoms with van der Waals surface area (Å²) in [5.74, 6) is -0.940. The summed E-state index contributed by atoms with van der Waals surface area (Å²) in [6.45, 7) is 6.98. The first-order valence-corrected chi connectivity index (χ1v) is 16.7. The van der Waals surface area contributed by atoms with E-state index in [0.29, 0.717) is 0 Å². The summed E-state index contributed by atoms with van der Waals surface area (Å²) in [7, 11) is -4.29. The third kappa shape index (κ3) is 8.87. The van der Waals surface area contributed by atoms with Gasteiger partial charge in [0.25, 0.3) is 10.0 Å². The molecule has 4 aromatic rings. The first kappa shape index (κ1) is 34.0. The van der Waals surface area contributed by atoms with Crippen molar-refractivity contribution in [3.63, 3.8) is 0 Å². The SMILES string of the molecule is Cc1ccccc1CN(C(=O)CN(c1cc(Cl)ccc1Cl)S(=O)(=O)c1ccccc1)C(Cc1ccccc1)C(=O)NC(C)(C)C. The van der Waals surface area contributed by atoms with E-state index in [4.69, 9.17) is 23.2 Å². The monoisotopic (exact) mass is 665 g/mol. The number of nitrogens with one attached hydrogen (secondary N) is 1. The van der Waals surface area contributed by atoms with Gasteiger partial charge in [0.1, 0.15) is 12.6 Å². The molecule has 4 aromatic carbocycles. The highest BCUT2D eigenvalue weighted by atomic mass is 35.5. The average molecular weight is 667 g/mol. The van der Waals surface area contributed by atoms with Crippen LogP contribution in [-0.4, -0.2) is 43.3 Å². The molecule has 10 heteroatoms. The number of rotatable bonds is 11. The minimum Gasteiger partial charge on any atom is -0.350 e. The van der Waals surface area contributed by atoms with E-state index in [1.807, 2.05) is 82.3 Å². The summed E-state index contributed by atoms with van der Waals surface area (Å²) in [6, 6.07) is 28.3. The molecule has 1 atom stereocenters. The van der Waals surface area contributed by atoms with E-state index in [1.165, 1.54) is 29.2 Å². The van der Waals surface area contributed by atoms with Crippen LogP contribution in [-0.2, 0) is 32.6 Å². The maximum atomic E-state index is 14.6. The van der Waals surface area contributed by atoms with Crippen LogP contribution in [0.2, 0.25) is 10.0 Å². The van der Waals surface area contributed by atoms with E-state index < -0.39 is 34.1 Å². The second kappa shape index (κ2) is 14.5. The lowest BCUT2D eigenvalue weighted by Gasteiger charge is -2.35. The lowest BCUT2D eigenvalue weighted by atomic mass is 10.00. The fourth-order valence-corrected chi connectivity index (χ4v) is 6.77. The highest BCUT2D eigenvalue weighted by Crippen LogP contribution is 2.33. The number of aryl methyl sites for hydroxylation is 1. The Hall–Kier alpha value is -3.85. The third-order valence-corrected chi connectivity index (χ3v) is 9.49. The van der Waals surface area contributed by atoms with Crippen molar-refractivity contribution in [1.82, 2.24) is 10.2 Å². The largest absolute Gasteiger partial charge is 0.350 e. The first-order valence-electron chi connectivity index (χ1n) is 14.5. The van der Waals surface area contributed by atoms with Gasteiger partial charge in [-0.15, -0.1) is 0 Å². The van der Waals surface area contributed by atoms with E-state index in [2.05, 4.69) is 5.32 Å². The topological polar surface area (TPSA) is 86.8 Å². The first-order chi connectivity index (χ1) is 21.3. The number of benzene rings is 4. The van der Waals surface area contributed by atoms with Gasteiger partial charge in [0.15, 0.2) is 0 Å². The lowest BCUT2D eigenvalue weighted by Crippen LogP contribution is -2.56. The zero-order chi connectivity index (χ0) is 32.8. The summed E-state index contributed by atoms with van der Waals surface area (Å²) in [6.07, 6.45) is 0.212. The summed E-state index contributed by atoms with van der Waals surface area (Å²) >= 11 is 12.8. The van der Waals surface area contributed by atoms with Crippen LogP contribution in [0.4, 0.5) is 5.69 Å². The number of sulfonamides is 1. The molecule has 0 radical (unpaired) electrons. The van der Waals surface area contributed by atoms with Crippen molar-refractivity contribution in [2.75, 3.05) is 10.8 Å². The van der Waals surface area contributed by atoms with Crippen molar-refractivity contribution in [2.45, 2.75) is 57.1 Å². The van der Waals surface area contributed by atoms with Gasteiger partial charge in [0, 0.05) is 23.5 Å². The Morgan fingerprint density at radius 2 is 1.44 bits per heavy atom. The summed E-state index contributed by atoms with van der Waals surface area (Å²) in [5, 5.41) is 3.38. The molecule has 0 spiro atoms. The Labute approximate surface area is 275 Å². The molecule has 0 saturated heterocycles. The average Bonchev–Trinajstić information content (AvgIpc) is 2.99. The molecule has 0 saturated carbocycles. The highest BCUT2D eigenvalue weighted by molar-refractivity contribution is 7.92. The fourth-order valence-electron chi connectivity index (χ4n) is 4.89. The van der Waals surface area contributed by atoms with Gasteiger partial charge in [0.05, 0.1) is 15.6 Å². The lowest BCUT2D eigenvalue weighted by molar-refractivity contribution is -0.140. The van der Waals surface area contributed by atoms with Gasteiger partial charge in [-0.1, -0.05) is 96.0 Å². The van der Waals surface area contributed by atoms with Crippen LogP contribution in [0.5, 0.6) is 0 Å². The minimum absolute atomic E-state index is 0.0226. The Morgan fingerprint density at radius 3 is 2.07 bits per heavy atom. The van der Waals surface area contributed by atoms with Gasteiger partial charge in [-0.2, -0.15) is 0 Å². The van der Waals surface area contributed by atoms with Gasteiger partial charge < -0.3 is 10.2 Å². The third-order valence-electron chi connectivity index (χ3n) is 7.16. The van der Waals surface area contributed by atoms with Crippen LogP contribution in [0, 0.1) is 6.92 Å². The second-order valence-electron chi connectivity index (χ2n) is 11.8. The van der Waals surface area contributed by atoms with E-state index in [0.717, 1.165) is 21.0 Å². The quantitative estimate of drug-likeness (QED) is 0.186. The van der Waals surface area contributed by atoms with Gasteiger partial charge in [0.2, 0.25) is 11.8 Å². The molecular formula is C35H37Cl2N3O4S. The Kier molecular flexibility index (Phi) is 11.0. The van der Waals surface area contributed by atoms with Gasteiger partial charge in [-0.05, 0) is 74.7 Å². The molecule has 0 bridgehead atoms. The standard InChI is InChI=1S/C35H37Cl2N3O4S/c1-25-13-11-12-16-27(25)23-39(32(34(42)38-35(2,3)4)21-26-14-7-5-8-15-26)33(41)24-40(31-22-28(36)19-20-30(31)37)45(43,44)29-17-9-6-10-18-29/h5-20,22,32H,21,23-24H2,1-4H3,(H,38,42). The number of halogens is 2. The summed E-state index contributed by atoms with van der Waals surface area (Å²) < 4.78 is 29.2. The molecule has 0 aliphatic heterocycles. The predicted octanol–water partition coefficient (Wildman–Crippen LogP) is 7.05. The highest BCUT2D eigenvalue weighted by Gasteiger charge is 2.36. The summed E-state index contributed by atoms with van der Waals surface area (Å²) in [4.78, 5) is 30.0. The van der Waals surface area contributed by atoms with Gasteiger partial charge in [-0.3, -0.25) is 13.9 Å². The van der Waals surface area contributed by atoms with Gasteiger partial charge >= 0.3 is 0 Å². The molecule has 0 aliphatic rings. The van der Waals surface area contributed by atoms with Crippen molar-refractivity contribution in [1.29, 1.82) is 0 Å². The number of hydrogen-bond donors (Lipinski definition) is 1. The Bertz CT molecular complexity index is 1740. The molecule has 0 aliphatic carbocycles. The van der Waals surface area contributed by atoms with Crippen LogP contribution in [0.15, 0.2) is 108 Å². The minimum atomic E-state index is -4.29. The zero-order valence-corrected chi connectivity index (χ0v) is 28.0. The molecule has 236 valence electrons. The van der Waals surface area contributed by atoms with Crippen LogP contribution < -0.4 is 9.62 Å². The number of anilines is 1. The molecule has 7 nitrogen and oxygen atoms in total. The second-order valence-corrected chi connectivity index (χ2v) is 14.5. The van der Waals surface area contributed by atoms with Crippen molar-refractivity contribution >= 4 is 50.7 Å². The molecule has 4 rings (SSSR count). The molecular weight excluding hydrogens is 629 g/mol. The van der Waals surface area contributed by atoms with Crippen molar-refractivity contribution in [3.8, 4) is 0 Å². The van der Waals surface area contributed by atoms with Crippen molar-refractivity contribution < 1.29 is 18.0 Å². The predicted molar refractivity (Wildman–Crippen MR) is 181 cm³/mol. The normalized spacial score (nSPS) is 12.3. The van der Waals surface area contributed by atoms with E-state index in [9.17, 15) is 18.0 Å². The van der Waals surface area contributed by atoms with Crippen LogP contribution in [0.25, 0.3) is 0 Å². The molecule has 0 fully saturated rings. The molecule has 0 heterocycles. The Balaban J connectivity index is 1.85. The maximum absolute atomic E-state index is 14.6. The smallest absolute Gasteiger partial charge is 0.264 e. The maximum Gasteiger partial charge on any atom is 0.264 e. The van der Waals surface area contributed by atoms with Gasteiger partial charge in [-0.25, -0.2) is 8.42 Å². The molecule has 1 N–H and O–H groups in total. The van der Waals surface area contributed by atoms with Crippen LogP contribution in [0.3, 0.4) is 0 Å².